The molecule has 0 aliphatic rings. The number of rotatable bonds is 7. The van der Waals surface area contributed by atoms with Crippen molar-refractivity contribution in [3.05, 3.63) is 65.7 Å². The molecule has 3 nitrogen and oxygen atoms in total. The highest BCUT2D eigenvalue weighted by Gasteiger charge is 2.06. The molecule has 0 saturated carbocycles. The summed E-state index contributed by atoms with van der Waals surface area (Å²) in [6, 6.07) is 16.1. The maximum Gasteiger partial charge on any atom is 0.119 e. The maximum atomic E-state index is 5.48. The van der Waals surface area contributed by atoms with E-state index < -0.39 is 0 Å². The van der Waals surface area contributed by atoms with Crippen molar-refractivity contribution in [2.75, 3.05) is 27.4 Å². The first kappa shape index (κ1) is 16.1. The van der Waals surface area contributed by atoms with Gasteiger partial charge in [-0.3, -0.25) is 0 Å². The third-order valence-electron chi connectivity index (χ3n) is 3.39. The molecule has 0 unspecified atom stereocenters. The predicted octanol–water partition coefficient (Wildman–Crippen LogP) is 4.17. The van der Waals surface area contributed by atoms with Crippen LogP contribution in [0.1, 0.15) is 18.1 Å². The molecule has 0 aliphatic heterocycles. The summed E-state index contributed by atoms with van der Waals surface area (Å²) < 4.78 is 16.0. The lowest BCUT2D eigenvalue weighted by Gasteiger charge is -2.11. The molecule has 2 aromatic carbocycles. The highest BCUT2D eigenvalue weighted by molar-refractivity contribution is 5.80. The Kier molecular flexibility index (Phi) is 6.04. The Balaban J connectivity index is 2.38. The molecular formula is C19H22O3. The van der Waals surface area contributed by atoms with Crippen molar-refractivity contribution in [2.24, 2.45) is 0 Å². The van der Waals surface area contributed by atoms with Crippen molar-refractivity contribution in [1.82, 2.24) is 0 Å². The Hall–Kier alpha value is -2.26. The second-order valence-corrected chi connectivity index (χ2v) is 4.74. The summed E-state index contributed by atoms with van der Waals surface area (Å²) in [6.07, 6.45) is 2.10. The van der Waals surface area contributed by atoms with Crippen LogP contribution >= 0.6 is 0 Å². The molecule has 0 heterocycles. The first-order chi connectivity index (χ1) is 10.8. The summed E-state index contributed by atoms with van der Waals surface area (Å²) in [7, 11) is 3.35. The topological polar surface area (TPSA) is 27.7 Å². The van der Waals surface area contributed by atoms with Crippen LogP contribution in [0.2, 0.25) is 0 Å². The van der Waals surface area contributed by atoms with Gasteiger partial charge in [-0.2, -0.15) is 0 Å². The molecule has 0 N–H and O–H groups in total. The summed E-state index contributed by atoms with van der Waals surface area (Å²) in [5, 5.41) is 0. The van der Waals surface area contributed by atoms with E-state index >= 15 is 0 Å². The van der Waals surface area contributed by atoms with Crippen molar-refractivity contribution >= 4 is 5.57 Å². The van der Waals surface area contributed by atoms with Crippen LogP contribution in [0, 0.1) is 0 Å². The summed E-state index contributed by atoms with van der Waals surface area (Å²) in [5.74, 6) is 1.69. The maximum absolute atomic E-state index is 5.48. The first-order valence-electron chi connectivity index (χ1n) is 7.35. The Bertz CT molecular complexity index is 615. The van der Waals surface area contributed by atoms with Gasteiger partial charge in [0.25, 0.3) is 0 Å². The molecule has 0 radical (unpaired) electrons. The van der Waals surface area contributed by atoms with Gasteiger partial charge in [0.05, 0.1) is 20.8 Å². The largest absolute Gasteiger partial charge is 0.497 e. The van der Waals surface area contributed by atoms with E-state index in [2.05, 4.69) is 24.3 Å². The summed E-state index contributed by atoms with van der Waals surface area (Å²) in [4.78, 5) is 0. The monoisotopic (exact) mass is 298 g/mol. The Morgan fingerprint density at radius 1 is 0.909 bits per heavy atom. The summed E-state index contributed by atoms with van der Waals surface area (Å²) >= 11 is 0. The van der Waals surface area contributed by atoms with Crippen LogP contribution in [0.25, 0.3) is 5.57 Å². The molecule has 0 saturated heterocycles. The Morgan fingerprint density at radius 2 is 1.64 bits per heavy atom. The fourth-order valence-electron chi connectivity index (χ4n) is 2.22. The molecule has 0 amide bonds. The van der Waals surface area contributed by atoms with Gasteiger partial charge < -0.3 is 14.2 Å². The molecular weight excluding hydrogens is 276 g/mol. The third kappa shape index (κ3) is 4.12. The van der Waals surface area contributed by atoms with Crippen LogP contribution < -0.4 is 9.47 Å². The normalized spacial score (nSPS) is 11.3. The molecule has 2 rings (SSSR count). The van der Waals surface area contributed by atoms with E-state index in [4.69, 9.17) is 14.2 Å². The molecule has 22 heavy (non-hydrogen) atoms. The zero-order valence-electron chi connectivity index (χ0n) is 13.3. The van der Waals surface area contributed by atoms with Crippen molar-refractivity contribution < 1.29 is 14.2 Å². The Morgan fingerprint density at radius 3 is 2.27 bits per heavy atom. The van der Waals surface area contributed by atoms with Gasteiger partial charge in [0.1, 0.15) is 11.5 Å². The van der Waals surface area contributed by atoms with Gasteiger partial charge in [0.2, 0.25) is 0 Å². The standard InChI is InChI=1S/C19H22O3/c1-4-22-13-12-19(15-8-10-17(20-2)11-9-15)16-6-5-7-18(14-16)21-3/h5-12,14H,4,13H2,1-3H3/b19-12-. The number of ether oxygens (including phenoxy) is 3. The van der Waals surface area contributed by atoms with Crippen LogP contribution in [0.4, 0.5) is 0 Å². The average molecular weight is 298 g/mol. The highest BCUT2D eigenvalue weighted by atomic mass is 16.5. The van der Waals surface area contributed by atoms with Crippen molar-refractivity contribution in [2.45, 2.75) is 6.92 Å². The molecule has 3 heteroatoms. The minimum Gasteiger partial charge on any atom is -0.497 e. The zero-order valence-corrected chi connectivity index (χ0v) is 13.3. The van der Waals surface area contributed by atoms with E-state index in [-0.39, 0.29) is 0 Å². The lowest BCUT2D eigenvalue weighted by Crippen LogP contribution is -1.95. The van der Waals surface area contributed by atoms with E-state index in [1.165, 1.54) is 0 Å². The van der Waals surface area contributed by atoms with Gasteiger partial charge in [-0.25, -0.2) is 0 Å². The number of hydrogen-bond acceptors (Lipinski definition) is 3. The van der Waals surface area contributed by atoms with E-state index in [0.29, 0.717) is 13.2 Å². The highest BCUT2D eigenvalue weighted by Crippen LogP contribution is 2.27. The molecule has 0 atom stereocenters. The minimum atomic E-state index is 0.578. The second kappa shape index (κ2) is 8.25. The lowest BCUT2D eigenvalue weighted by atomic mass is 9.97. The molecule has 116 valence electrons. The van der Waals surface area contributed by atoms with Gasteiger partial charge in [-0.05, 0) is 47.9 Å². The van der Waals surface area contributed by atoms with Gasteiger partial charge in [-0.15, -0.1) is 0 Å². The SMILES string of the molecule is CCOC/C=C(/c1ccc(OC)cc1)c1cccc(OC)c1. The number of methoxy groups -OCH3 is 2. The second-order valence-electron chi connectivity index (χ2n) is 4.74. The van der Waals surface area contributed by atoms with Crippen LogP contribution in [0.5, 0.6) is 11.5 Å². The van der Waals surface area contributed by atoms with Crippen molar-refractivity contribution in [3.8, 4) is 11.5 Å². The molecule has 2 aromatic rings. The minimum absolute atomic E-state index is 0.578. The average Bonchev–Trinajstić information content (AvgIpc) is 2.59. The van der Waals surface area contributed by atoms with Crippen LogP contribution in [-0.2, 0) is 4.74 Å². The lowest BCUT2D eigenvalue weighted by molar-refractivity contribution is 0.178. The van der Waals surface area contributed by atoms with Gasteiger partial charge in [-0.1, -0.05) is 30.3 Å². The van der Waals surface area contributed by atoms with Crippen LogP contribution in [0.3, 0.4) is 0 Å². The third-order valence-corrected chi connectivity index (χ3v) is 3.39. The Labute approximate surface area is 132 Å². The smallest absolute Gasteiger partial charge is 0.119 e. The van der Waals surface area contributed by atoms with Gasteiger partial charge in [0.15, 0.2) is 0 Å². The summed E-state index contributed by atoms with van der Waals surface area (Å²) in [6.45, 7) is 3.27. The van der Waals surface area contributed by atoms with Crippen molar-refractivity contribution in [3.63, 3.8) is 0 Å². The van der Waals surface area contributed by atoms with Crippen molar-refractivity contribution in [1.29, 1.82) is 0 Å². The molecule has 0 bridgehead atoms. The molecule has 0 fully saturated rings. The van der Waals surface area contributed by atoms with Crippen LogP contribution in [0.15, 0.2) is 54.6 Å². The number of benzene rings is 2. The fourth-order valence-corrected chi connectivity index (χ4v) is 2.22. The van der Waals surface area contributed by atoms with Gasteiger partial charge in [0, 0.05) is 6.61 Å². The van der Waals surface area contributed by atoms with E-state index in [0.717, 1.165) is 28.2 Å². The molecule has 0 spiro atoms. The van der Waals surface area contributed by atoms with Gasteiger partial charge >= 0.3 is 0 Å². The van der Waals surface area contributed by atoms with E-state index in [1.54, 1.807) is 14.2 Å². The molecule has 0 aromatic heterocycles. The summed E-state index contributed by atoms with van der Waals surface area (Å²) in [5.41, 5.74) is 3.34. The van der Waals surface area contributed by atoms with Crippen LogP contribution in [-0.4, -0.2) is 27.4 Å². The number of hydrogen-bond donors (Lipinski definition) is 0. The van der Waals surface area contributed by atoms with E-state index in [9.17, 15) is 0 Å². The quantitative estimate of drug-likeness (QED) is 0.718. The first-order valence-corrected chi connectivity index (χ1v) is 7.35. The molecule has 0 aliphatic carbocycles. The zero-order chi connectivity index (χ0) is 15.8. The predicted molar refractivity (Wildman–Crippen MR) is 89.6 cm³/mol. The van der Waals surface area contributed by atoms with E-state index in [1.807, 2.05) is 37.3 Å². The fraction of sp³-hybridized carbons (Fsp3) is 0.263.